The molecule has 0 saturated heterocycles. The molecule has 0 fully saturated rings. The van der Waals surface area contributed by atoms with Gasteiger partial charge in [-0.1, -0.05) is 6.07 Å². The fourth-order valence-corrected chi connectivity index (χ4v) is 3.24. The summed E-state index contributed by atoms with van der Waals surface area (Å²) in [6, 6.07) is 7.55. The molecule has 3 N–H and O–H groups in total. The van der Waals surface area contributed by atoms with E-state index in [0.29, 0.717) is 5.75 Å². The molecule has 4 rings (SSSR count). The van der Waals surface area contributed by atoms with Crippen molar-refractivity contribution in [1.82, 2.24) is 15.2 Å². The number of aromatic amines is 1. The summed E-state index contributed by atoms with van der Waals surface area (Å²) < 4.78 is 10.8. The number of hydrogen-bond donors (Lipinski definition) is 2. The summed E-state index contributed by atoms with van der Waals surface area (Å²) in [4.78, 5) is 4.15. The number of nitrogens with two attached hydrogens (primary N) is 1. The number of ether oxygens (including phenoxy) is 2. The molecule has 2 aromatic heterocycles. The predicted molar refractivity (Wildman–Crippen MR) is 90.2 cm³/mol. The highest BCUT2D eigenvalue weighted by Crippen LogP contribution is 2.43. The number of H-pyrrole nitrogens is 1. The first-order chi connectivity index (χ1) is 11.7. The van der Waals surface area contributed by atoms with E-state index in [2.05, 4.69) is 15.2 Å². The first-order valence-corrected chi connectivity index (χ1v) is 7.70. The Kier molecular flexibility index (Phi) is 3.46. The third kappa shape index (κ3) is 2.15. The topological polar surface area (TPSA) is 86.0 Å². The van der Waals surface area contributed by atoms with E-state index >= 15 is 0 Å². The van der Waals surface area contributed by atoms with E-state index < -0.39 is 0 Å². The molecule has 6 nitrogen and oxygen atoms in total. The summed E-state index contributed by atoms with van der Waals surface area (Å²) in [5.74, 6) is 1.42. The monoisotopic (exact) mass is 322 g/mol. The summed E-state index contributed by atoms with van der Waals surface area (Å²) in [5, 5.41) is 7.60. The van der Waals surface area contributed by atoms with E-state index in [4.69, 9.17) is 15.2 Å². The number of nitrogens with one attached hydrogen (secondary N) is 1. The van der Waals surface area contributed by atoms with Crippen LogP contribution in [0.5, 0.6) is 11.5 Å². The Bertz CT molecular complexity index is 890. The second-order valence-electron chi connectivity index (χ2n) is 5.77. The minimum Gasteiger partial charge on any atom is -0.493 e. The largest absolute Gasteiger partial charge is 0.493 e. The van der Waals surface area contributed by atoms with Gasteiger partial charge in [-0.25, -0.2) is 0 Å². The van der Waals surface area contributed by atoms with Crippen molar-refractivity contribution in [3.05, 3.63) is 59.0 Å². The van der Waals surface area contributed by atoms with Crippen molar-refractivity contribution < 1.29 is 9.47 Å². The van der Waals surface area contributed by atoms with Gasteiger partial charge in [-0.2, -0.15) is 5.10 Å². The van der Waals surface area contributed by atoms with Crippen LogP contribution in [0, 0.1) is 0 Å². The van der Waals surface area contributed by atoms with E-state index in [1.54, 1.807) is 26.6 Å². The molecule has 1 atom stereocenters. The average molecular weight is 322 g/mol. The van der Waals surface area contributed by atoms with Crippen molar-refractivity contribution in [1.29, 1.82) is 0 Å². The number of aromatic nitrogens is 3. The van der Waals surface area contributed by atoms with Crippen LogP contribution in [0.25, 0.3) is 11.3 Å². The fourth-order valence-electron chi connectivity index (χ4n) is 3.24. The molecule has 0 bridgehead atoms. The Morgan fingerprint density at radius 1 is 1.21 bits per heavy atom. The van der Waals surface area contributed by atoms with Crippen LogP contribution in [0.4, 0.5) is 0 Å². The molecule has 6 heteroatoms. The van der Waals surface area contributed by atoms with E-state index in [9.17, 15) is 0 Å². The molecule has 1 aromatic carbocycles. The van der Waals surface area contributed by atoms with Crippen molar-refractivity contribution in [2.75, 3.05) is 14.2 Å². The molecule has 1 aliphatic carbocycles. The Hall–Kier alpha value is -2.86. The molecule has 1 aliphatic rings. The van der Waals surface area contributed by atoms with Gasteiger partial charge < -0.3 is 15.2 Å². The molecular weight excluding hydrogens is 304 g/mol. The van der Waals surface area contributed by atoms with Crippen molar-refractivity contribution >= 4 is 0 Å². The van der Waals surface area contributed by atoms with Gasteiger partial charge in [0.2, 0.25) is 0 Å². The maximum atomic E-state index is 6.42. The lowest BCUT2D eigenvalue weighted by molar-refractivity contribution is 0.355. The number of methoxy groups -OCH3 is 2. The van der Waals surface area contributed by atoms with Crippen LogP contribution in [0.15, 0.2) is 36.7 Å². The van der Waals surface area contributed by atoms with Crippen LogP contribution in [0.1, 0.15) is 28.4 Å². The van der Waals surface area contributed by atoms with E-state index in [-0.39, 0.29) is 6.04 Å². The van der Waals surface area contributed by atoms with Gasteiger partial charge in [-0.3, -0.25) is 10.1 Å². The van der Waals surface area contributed by atoms with Gasteiger partial charge in [0.15, 0.2) is 11.5 Å². The lowest BCUT2D eigenvalue weighted by Crippen LogP contribution is -2.14. The highest BCUT2D eigenvalue weighted by atomic mass is 16.5. The number of fused-ring (bicyclic) bond motifs is 3. The zero-order valence-electron chi connectivity index (χ0n) is 13.5. The zero-order chi connectivity index (χ0) is 16.7. The highest BCUT2D eigenvalue weighted by Gasteiger charge is 2.29. The van der Waals surface area contributed by atoms with Crippen LogP contribution >= 0.6 is 0 Å². The number of nitrogens with zero attached hydrogens (tertiary/aromatic N) is 2. The third-order valence-corrected chi connectivity index (χ3v) is 4.49. The first-order valence-electron chi connectivity index (χ1n) is 7.70. The molecular formula is C18H18N4O2. The van der Waals surface area contributed by atoms with Gasteiger partial charge in [0.25, 0.3) is 0 Å². The minimum atomic E-state index is -0.284. The van der Waals surface area contributed by atoms with Gasteiger partial charge in [0.1, 0.15) is 0 Å². The first kappa shape index (κ1) is 14.7. The normalized spacial score (nSPS) is 13.3. The minimum absolute atomic E-state index is 0.284. The van der Waals surface area contributed by atoms with Gasteiger partial charge >= 0.3 is 0 Å². The highest BCUT2D eigenvalue weighted by molar-refractivity contribution is 5.77. The number of benzene rings is 1. The van der Waals surface area contributed by atoms with Crippen LogP contribution in [-0.4, -0.2) is 29.4 Å². The summed E-state index contributed by atoms with van der Waals surface area (Å²) >= 11 is 0. The summed E-state index contributed by atoms with van der Waals surface area (Å²) in [5.41, 5.74) is 12.6. The molecule has 0 radical (unpaired) electrons. The second-order valence-corrected chi connectivity index (χ2v) is 5.77. The average Bonchev–Trinajstić information content (AvgIpc) is 3.19. The van der Waals surface area contributed by atoms with Crippen molar-refractivity contribution in [3.8, 4) is 22.8 Å². The van der Waals surface area contributed by atoms with Gasteiger partial charge in [-0.15, -0.1) is 0 Å². The van der Waals surface area contributed by atoms with Crippen LogP contribution in [-0.2, 0) is 6.42 Å². The maximum Gasteiger partial charge on any atom is 0.161 e. The molecule has 3 aromatic rings. The van der Waals surface area contributed by atoms with Gasteiger partial charge in [0, 0.05) is 29.9 Å². The number of rotatable bonds is 4. The number of hydrogen-bond acceptors (Lipinski definition) is 5. The smallest absolute Gasteiger partial charge is 0.161 e. The Labute approximate surface area is 139 Å². The maximum absolute atomic E-state index is 6.42. The SMILES string of the molecule is COc1cc2c(cc1OC)-c1n[nH]c(C(N)c3cccnc3)c1C2. The molecule has 0 spiro atoms. The summed E-state index contributed by atoms with van der Waals surface area (Å²) in [6.45, 7) is 0. The third-order valence-electron chi connectivity index (χ3n) is 4.49. The van der Waals surface area contributed by atoms with Crippen LogP contribution in [0.3, 0.4) is 0 Å². The molecule has 0 saturated carbocycles. The molecule has 2 heterocycles. The van der Waals surface area contributed by atoms with Crippen LogP contribution in [0.2, 0.25) is 0 Å². The summed E-state index contributed by atoms with van der Waals surface area (Å²) in [7, 11) is 3.27. The predicted octanol–water partition coefficient (Wildman–Crippen LogP) is 2.44. The molecule has 24 heavy (non-hydrogen) atoms. The van der Waals surface area contributed by atoms with Crippen LogP contribution < -0.4 is 15.2 Å². The van der Waals surface area contributed by atoms with E-state index in [0.717, 1.165) is 40.2 Å². The van der Waals surface area contributed by atoms with E-state index in [1.165, 1.54) is 5.56 Å². The van der Waals surface area contributed by atoms with Crippen molar-refractivity contribution in [2.24, 2.45) is 5.73 Å². The second kappa shape index (κ2) is 5.65. The number of pyridine rings is 1. The lowest BCUT2D eigenvalue weighted by Gasteiger charge is -2.11. The molecule has 0 amide bonds. The quantitative estimate of drug-likeness (QED) is 0.603. The van der Waals surface area contributed by atoms with Crippen molar-refractivity contribution in [3.63, 3.8) is 0 Å². The fraction of sp³-hybridized carbons (Fsp3) is 0.222. The molecule has 1 unspecified atom stereocenters. The molecule has 0 aliphatic heterocycles. The van der Waals surface area contributed by atoms with Gasteiger partial charge in [0.05, 0.1) is 31.6 Å². The molecule has 122 valence electrons. The summed E-state index contributed by atoms with van der Waals surface area (Å²) in [6.07, 6.45) is 4.29. The Morgan fingerprint density at radius 2 is 2.00 bits per heavy atom. The Balaban J connectivity index is 1.77. The standard InChI is InChI=1S/C18H18N4O2/c1-23-14-7-11-6-13-17(12(11)8-15(14)24-2)21-22-18(13)16(19)10-4-3-5-20-9-10/h3-5,7-9,16H,6,19H2,1-2H3,(H,21,22). The Morgan fingerprint density at radius 3 is 2.71 bits per heavy atom. The van der Waals surface area contributed by atoms with Gasteiger partial charge in [-0.05, 0) is 29.3 Å². The zero-order valence-corrected chi connectivity index (χ0v) is 13.5. The van der Waals surface area contributed by atoms with Crippen molar-refractivity contribution in [2.45, 2.75) is 12.5 Å². The lowest BCUT2D eigenvalue weighted by atomic mass is 10.0. The van der Waals surface area contributed by atoms with E-state index in [1.807, 2.05) is 24.3 Å².